The maximum Gasteiger partial charge on any atom is 1.00 e. The molecule has 1 rings (SSSR count). The number of nitrogens with zero attached hydrogens (tertiary/aromatic N) is 1. The van der Waals surface area contributed by atoms with Crippen LogP contribution >= 0.6 is 0 Å². The molecule has 1 fully saturated rings. The Morgan fingerprint density at radius 3 is 1.82 bits per heavy atom. The molecule has 0 bridgehead atoms. The molecule has 6 nitrogen and oxygen atoms in total. The predicted octanol–water partition coefficient (Wildman–Crippen LogP) is 2.17. The van der Waals surface area contributed by atoms with E-state index < -0.39 is 32.6 Å². The number of hydrogen-bond acceptors (Lipinski definition) is 4. The second-order valence-corrected chi connectivity index (χ2v) is 9.43. The molecule has 0 saturated carbocycles. The first kappa shape index (κ1) is 28.1. The van der Waals surface area contributed by atoms with Gasteiger partial charge in [-0.3, -0.25) is 4.55 Å². The van der Waals surface area contributed by atoms with E-state index in [4.69, 9.17) is 0 Å². The third kappa shape index (κ3) is 7.71. The Morgan fingerprint density at radius 1 is 0.857 bits per heavy atom. The fourth-order valence-corrected chi connectivity index (χ4v) is 5.22. The Hall–Kier alpha value is 0.0500. The first-order valence-electron chi connectivity index (χ1n) is 10.6. The second-order valence-electron chi connectivity index (χ2n) is 7.75. The van der Waals surface area contributed by atoms with E-state index >= 15 is 0 Å². The van der Waals surface area contributed by atoms with Gasteiger partial charge in [-0.05, 0) is 12.8 Å². The minimum atomic E-state index is -4.71. The van der Waals surface area contributed by atoms with Crippen molar-refractivity contribution in [3.8, 4) is 0 Å². The van der Waals surface area contributed by atoms with Crippen LogP contribution in [-0.2, 0) is 19.7 Å². The summed E-state index contributed by atoms with van der Waals surface area (Å²) in [5.41, 5.74) is 0. The van der Waals surface area contributed by atoms with Gasteiger partial charge >= 0.3 is 29.6 Å². The van der Waals surface area contributed by atoms with Crippen LogP contribution in [0.15, 0.2) is 0 Å². The van der Waals surface area contributed by atoms with Crippen molar-refractivity contribution in [3.05, 3.63) is 5.32 Å². The molecule has 1 aliphatic heterocycles. The molecular formula is C20H36NNaO5S. The molecule has 1 N–H and O–H groups in total. The third-order valence-electron chi connectivity index (χ3n) is 5.64. The summed E-state index contributed by atoms with van der Waals surface area (Å²) in [5, 5.41) is 3.43. The SMILES string of the molecule is CCCCCCCCC1C(=O)[N-]C(=O)C1(CCCCCCCC)S(=O)(=O)O.[Na+]. The zero-order valence-electron chi connectivity index (χ0n) is 17.9. The molecule has 2 unspecified atom stereocenters. The van der Waals surface area contributed by atoms with E-state index in [1.807, 2.05) is 0 Å². The Kier molecular flexibility index (Phi) is 14.1. The molecular weight excluding hydrogens is 389 g/mol. The maximum absolute atomic E-state index is 12.4. The van der Waals surface area contributed by atoms with Crippen LogP contribution in [0.25, 0.3) is 5.32 Å². The summed E-state index contributed by atoms with van der Waals surface area (Å²) in [6.07, 6.45) is 11.8. The molecule has 0 aromatic rings. The van der Waals surface area contributed by atoms with Gasteiger partial charge in [0.25, 0.3) is 10.1 Å². The minimum absolute atomic E-state index is 0. The second kappa shape index (κ2) is 14.1. The molecule has 1 heterocycles. The van der Waals surface area contributed by atoms with Gasteiger partial charge in [-0.2, -0.15) is 8.42 Å². The minimum Gasteiger partial charge on any atom is -0.594 e. The van der Waals surface area contributed by atoms with Crippen LogP contribution in [0.5, 0.6) is 0 Å². The van der Waals surface area contributed by atoms with Crippen molar-refractivity contribution in [2.24, 2.45) is 5.92 Å². The molecule has 0 spiro atoms. The van der Waals surface area contributed by atoms with Crippen LogP contribution < -0.4 is 29.6 Å². The molecule has 0 aromatic heterocycles. The predicted molar refractivity (Wildman–Crippen MR) is 107 cm³/mol. The van der Waals surface area contributed by atoms with E-state index in [-0.39, 0.29) is 42.4 Å². The summed E-state index contributed by atoms with van der Waals surface area (Å²) in [6.45, 7) is 4.25. The molecule has 28 heavy (non-hydrogen) atoms. The van der Waals surface area contributed by atoms with Gasteiger partial charge in [0.15, 0.2) is 0 Å². The monoisotopic (exact) mass is 425 g/mol. The summed E-state index contributed by atoms with van der Waals surface area (Å²) < 4.78 is 32.2. The third-order valence-corrected chi connectivity index (χ3v) is 7.23. The first-order valence-corrected chi connectivity index (χ1v) is 12.0. The van der Waals surface area contributed by atoms with Gasteiger partial charge in [-0.1, -0.05) is 90.9 Å². The van der Waals surface area contributed by atoms with Gasteiger partial charge in [-0.15, -0.1) is 0 Å². The van der Waals surface area contributed by atoms with Crippen LogP contribution in [0.1, 0.15) is 104 Å². The maximum atomic E-state index is 12.4. The Balaban J connectivity index is 0.00000729. The zero-order chi connectivity index (χ0) is 20.3. The average Bonchev–Trinajstić information content (AvgIpc) is 2.84. The molecule has 2 atom stereocenters. The Labute approximate surface area is 193 Å². The van der Waals surface area contributed by atoms with Gasteiger partial charge in [0.2, 0.25) is 0 Å². The van der Waals surface area contributed by atoms with Crippen LogP contribution in [0, 0.1) is 5.92 Å². The van der Waals surface area contributed by atoms with Crippen molar-refractivity contribution in [2.75, 3.05) is 0 Å². The fraction of sp³-hybridized carbons (Fsp3) is 0.900. The van der Waals surface area contributed by atoms with Crippen LogP contribution in [-0.4, -0.2) is 29.5 Å². The summed E-state index contributed by atoms with van der Waals surface area (Å²) in [4.78, 5) is 24.6. The van der Waals surface area contributed by atoms with E-state index in [0.29, 0.717) is 12.8 Å². The van der Waals surface area contributed by atoms with Gasteiger partial charge in [0, 0.05) is 5.92 Å². The quantitative estimate of drug-likeness (QED) is 0.187. The number of imide groups is 1. The number of amides is 2. The summed E-state index contributed by atoms with van der Waals surface area (Å²) in [7, 11) is -4.71. The van der Waals surface area contributed by atoms with Crippen LogP contribution in [0.4, 0.5) is 0 Å². The normalized spacial score (nSPS) is 22.2. The van der Waals surface area contributed by atoms with Crippen LogP contribution in [0.2, 0.25) is 0 Å². The Bertz CT molecular complexity index is 581. The van der Waals surface area contributed by atoms with Crippen molar-refractivity contribution in [3.63, 3.8) is 0 Å². The van der Waals surface area contributed by atoms with E-state index in [1.165, 1.54) is 0 Å². The molecule has 0 aliphatic carbocycles. The number of rotatable bonds is 15. The van der Waals surface area contributed by atoms with E-state index in [2.05, 4.69) is 19.2 Å². The van der Waals surface area contributed by atoms with E-state index in [0.717, 1.165) is 64.2 Å². The Morgan fingerprint density at radius 2 is 1.32 bits per heavy atom. The molecule has 1 aliphatic rings. The molecule has 0 radical (unpaired) electrons. The van der Waals surface area contributed by atoms with Crippen molar-refractivity contribution in [1.82, 2.24) is 0 Å². The molecule has 8 heteroatoms. The van der Waals surface area contributed by atoms with Crippen molar-refractivity contribution in [1.29, 1.82) is 0 Å². The van der Waals surface area contributed by atoms with Gasteiger partial charge < -0.3 is 14.9 Å². The van der Waals surface area contributed by atoms with E-state index in [9.17, 15) is 22.6 Å². The van der Waals surface area contributed by atoms with Crippen molar-refractivity contribution < 1.29 is 52.1 Å². The molecule has 2 amide bonds. The number of hydrogen-bond donors (Lipinski definition) is 1. The number of carbonyl (C=O) groups is 2. The van der Waals surface area contributed by atoms with Gasteiger partial charge in [0.1, 0.15) is 4.75 Å². The number of carbonyl (C=O) groups excluding carboxylic acids is 2. The van der Waals surface area contributed by atoms with Gasteiger partial charge in [-0.25, -0.2) is 0 Å². The number of unbranched alkanes of at least 4 members (excludes halogenated alkanes) is 10. The smallest absolute Gasteiger partial charge is 0.594 e. The summed E-state index contributed by atoms with van der Waals surface area (Å²) in [5.74, 6) is -2.70. The van der Waals surface area contributed by atoms with E-state index in [1.54, 1.807) is 0 Å². The molecule has 0 aromatic carbocycles. The van der Waals surface area contributed by atoms with Crippen LogP contribution in [0.3, 0.4) is 0 Å². The first-order chi connectivity index (χ1) is 12.8. The average molecular weight is 426 g/mol. The fourth-order valence-electron chi connectivity index (χ4n) is 3.97. The summed E-state index contributed by atoms with van der Waals surface area (Å²) in [6, 6.07) is 0. The molecule has 1 saturated heterocycles. The standard InChI is InChI=1S/C20H37NO5S.Na/c1-3-5-7-9-11-13-15-17-18(22)21-19(23)20(17,27(24,25)26)16-14-12-10-8-6-4-2;/h17H,3-16H2,1-2H3,(H2,21,22,23,24,25,26);/q;+1/p-1. The van der Waals surface area contributed by atoms with Crippen molar-refractivity contribution in [2.45, 2.75) is 108 Å². The molecule has 158 valence electrons. The van der Waals surface area contributed by atoms with Gasteiger partial charge in [0.05, 0.1) is 11.8 Å². The largest absolute Gasteiger partial charge is 1.00 e. The van der Waals surface area contributed by atoms with Crippen molar-refractivity contribution >= 4 is 21.9 Å². The topological polar surface area (TPSA) is 103 Å². The summed E-state index contributed by atoms with van der Waals surface area (Å²) >= 11 is 0. The zero-order valence-corrected chi connectivity index (χ0v) is 20.7.